The SMILES string of the molecule is CC1COC2C(O)COC12. The Morgan fingerprint density at radius 3 is 2.60 bits per heavy atom. The summed E-state index contributed by atoms with van der Waals surface area (Å²) < 4.78 is 10.7. The molecule has 0 amide bonds. The van der Waals surface area contributed by atoms with Gasteiger partial charge >= 0.3 is 0 Å². The van der Waals surface area contributed by atoms with Gasteiger partial charge in [0.2, 0.25) is 0 Å². The molecule has 4 atom stereocenters. The Bertz CT molecular complexity index is 121. The van der Waals surface area contributed by atoms with Gasteiger partial charge in [-0.15, -0.1) is 0 Å². The van der Waals surface area contributed by atoms with Crippen LogP contribution in [0.5, 0.6) is 0 Å². The van der Waals surface area contributed by atoms with E-state index in [1.807, 2.05) is 0 Å². The second-order valence-electron chi connectivity index (χ2n) is 3.14. The zero-order valence-electron chi connectivity index (χ0n) is 5.99. The van der Waals surface area contributed by atoms with Gasteiger partial charge in [0.15, 0.2) is 0 Å². The maximum absolute atomic E-state index is 9.27. The topological polar surface area (TPSA) is 38.7 Å². The van der Waals surface area contributed by atoms with Crippen LogP contribution < -0.4 is 0 Å². The first-order valence-electron chi connectivity index (χ1n) is 3.70. The van der Waals surface area contributed by atoms with E-state index in [0.717, 1.165) is 6.61 Å². The summed E-state index contributed by atoms with van der Waals surface area (Å²) in [5.74, 6) is 0.446. The van der Waals surface area contributed by atoms with Crippen molar-refractivity contribution in [2.75, 3.05) is 13.2 Å². The quantitative estimate of drug-likeness (QED) is 0.511. The molecule has 4 unspecified atom stereocenters. The third kappa shape index (κ3) is 0.779. The minimum atomic E-state index is -0.394. The Morgan fingerprint density at radius 2 is 1.90 bits per heavy atom. The number of aliphatic hydroxyl groups is 1. The van der Waals surface area contributed by atoms with Crippen molar-refractivity contribution in [3.8, 4) is 0 Å². The molecule has 0 spiro atoms. The summed E-state index contributed by atoms with van der Waals surface area (Å²) >= 11 is 0. The second-order valence-corrected chi connectivity index (χ2v) is 3.14. The van der Waals surface area contributed by atoms with E-state index in [2.05, 4.69) is 6.92 Å². The lowest BCUT2D eigenvalue weighted by Crippen LogP contribution is -2.28. The molecule has 3 heteroatoms. The molecule has 10 heavy (non-hydrogen) atoms. The maximum atomic E-state index is 9.27. The van der Waals surface area contributed by atoms with Crippen LogP contribution in [0.25, 0.3) is 0 Å². The molecule has 0 bridgehead atoms. The van der Waals surface area contributed by atoms with Gasteiger partial charge in [-0.1, -0.05) is 6.92 Å². The minimum absolute atomic E-state index is 0.0463. The third-order valence-corrected chi connectivity index (χ3v) is 2.27. The summed E-state index contributed by atoms with van der Waals surface area (Å²) in [7, 11) is 0. The van der Waals surface area contributed by atoms with Gasteiger partial charge in [-0.3, -0.25) is 0 Å². The largest absolute Gasteiger partial charge is 0.388 e. The van der Waals surface area contributed by atoms with Gasteiger partial charge in [0.25, 0.3) is 0 Å². The molecule has 0 aromatic rings. The Balaban J connectivity index is 2.09. The lowest BCUT2D eigenvalue weighted by molar-refractivity contribution is 0.0173. The van der Waals surface area contributed by atoms with Gasteiger partial charge in [-0.25, -0.2) is 0 Å². The van der Waals surface area contributed by atoms with Crippen molar-refractivity contribution in [2.45, 2.75) is 25.2 Å². The molecule has 0 aliphatic carbocycles. The highest BCUT2D eigenvalue weighted by molar-refractivity contribution is 4.92. The lowest BCUT2D eigenvalue weighted by Gasteiger charge is -2.10. The van der Waals surface area contributed by atoms with Gasteiger partial charge in [-0.05, 0) is 0 Å². The average Bonchev–Trinajstić information content (AvgIpc) is 2.41. The van der Waals surface area contributed by atoms with E-state index in [4.69, 9.17) is 9.47 Å². The molecule has 0 aromatic heterocycles. The van der Waals surface area contributed by atoms with E-state index >= 15 is 0 Å². The summed E-state index contributed by atoms with van der Waals surface area (Å²) in [6, 6.07) is 0. The smallest absolute Gasteiger partial charge is 0.112 e. The molecule has 1 N–H and O–H groups in total. The van der Waals surface area contributed by atoms with Crippen molar-refractivity contribution in [3.05, 3.63) is 0 Å². The molecular weight excluding hydrogens is 132 g/mol. The summed E-state index contributed by atoms with van der Waals surface area (Å²) in [4.78, 5) is 0. The first kappa shape index (κ1) is 6.58. The number of fused-ring (bicyclic) bond motifs is 1. The summed E-state index contributed by atoms with van der Waals surface area (Å²) in [5.41, 5.74) is 0. The van der Waals surface area contributed by atoms with Crippen LogP contribution in [0.4, 0.5) is 0 Å². The number of rotatable bonds is 0. The molecule has 2 rings (SSSR count). The van der Waals surface area contributed by atoms with Crippen LogP contribution in [0.2, 0.25) is 0 Å². The van der Waals surface area contributed by atoms with Gasteiger partial charge in [0.05, 0.1) is 19.3 Å². The van der Waals surface area contributed by atoms with Gasteiger partial charge in [0, 0.05) is 5.92 Å². The molecule has 2 saturated heterocycles. The number of hydrogen-bond donors (Lipinski definition) is 1. The fraction of sp³-hybridized carbons (Fsp3) is 1.00. The van der Waals surface area contributed by atoms with Crippen LogP contribution in [0.1, 0.15) is 6.92 Å². The van der Waals surface area contributed by atoms with Gasteiger partial charge < -0.3 is 14.6 Å². The van der Waals surface area contributed by atoms with Crippen molar-refractivity contribution in [1.29, 1.82) is 0 Å². The lowest BCUT2D eigenvalue weighted by atomic mass is 10.0. The van der Waals surface area contributed by atoms with Crippen LogP contribution in [0, 0.1) is 5.92 Å². The molecule has 3 nitrogen and oxygen atoms in total. The average molecular weight is 144 g/mol. The predicted molar refractivity (Wildman–Crippen MR) is 34.7 cm³/mol. The highest BCUT2D eigenvalue weighted by atomic mass is 16.6. The van der Waals surface area contributed by atoms with Crippen LogP contribution in [-0.4, -0.2) is 36.6 Å². The van der Waals surface area contributed by atoms with Crippen molar-refractivity contribution < 1.29 is 14.6 Å². The van der Waals surface area contributed by atoms with Crippen molar-refractivity contribution in [2.24, 2.45) is 5.92 Å². The fourth-order valence-electron chi connectivity index (χ4n) is 1.67. The standard InChI is InChI=1S/C7H12O3/c1-4-2-9-7-5(8)3-10-6(4)7/h4-8H,2-3H2,1H3. The number of hydrogen-bond acceptors (Lipinski definition) is 3. The first-order valence-corrected chi connectivity index (χ1v) is 3.70. The van der Waals surface area contributed by atoms with Gasteiger partial charge in [-0.2, -0.15) is 0 Å². The first-order chi connectivity index (χ1) is 4.79. The van der Waals surface area contributed by atoms with Crippen molar-refractivity contribution >= 4 is 0 Å². The Labute approximate surface area is 59.9 Å². The monoisotopic (exact) mass is 144 g/mol. The van der Waals surface area contributed by atoms with E-state index in [1.165, 1.54) is 0 Å². The zero-order chi connectivity index (χ0) is 7.14. The number of aliphatic hydroxyl groups excluding tert-OH is 1. The summed E-state index contributed by atoms with van der Waals surface area (Å²) in [5, 5.41) is 9.27. The molecule has 0 aromatic carbocycles. The minimum Gasteiger partial charge on any atom is -0.388 e. The number of ether oxygens (including phenoxy) is 2. The molecular formula is C7H12O3. The van der Waals surface area contributed by atoms with Crippen molar-refractivity contribution in [1.82, 2.24) is 0 Å². The van der Waals surface area contributed by atoms with Crippen LogP contribution >= 0.6 is 0 Å². The fourth-order valence-corrected chi connectivity index (χ4v) is 1.67. The third-order valence-electron chi connectivity index (χ3n) is 2.27. The summed E-state index contributed by atoms with van der Waals surface area (Å²) in [6.07, 6.45) is -0.292. The summed E-state index contributed by atoms with van der Waals surface area (Å²) in [6.45, 7) is 3.26. The van der Waals surface area contributed by atoms with Crippen LogP contribution in [0.3, 0.4) is 0 Å². The van der Waals surface area contributed by atoms with E-state index in [9.17, 15) is 5.11 Å². The van der Waals surface area contributed by atoms with E-state index < -0.39 is 6.10 Å². The van der Waals surface area contributed by atoms with Crippen LogP contribution in [-0.2, 0) is 9.47 Å². The maximum Gasteiger partial charge on any atom is 0.112 e. The van der Waals surface area contributed by atoms with Crippen LogP contribution in [0.15, 0.2) is 0 Å². The van der Waals surface area contributed by atoms with E-state index in [-0.39, 0.29) is 12.2 Å². The molecule has 58 valence electrons. The Morgan fingerprint density at radius 1 is 1.20 bits per heavy atom. The van der Waals surface area contributed by atoms with Gasteiger partial charge in [0.1, 0.15) is 12.2 Å². The highest BCUT2D eigenvalue weighted by Crippen LogP contribution is 2.30. The van der Waals surface area contributed by atoms with E-state index in [0.29, 0.717) is 12.5 Å². The molecule has 0 saturated carbocycles. The Hall–Kier alpha value is -0.120. The van der Waals surface area contributed by atoms with Crippen molar-refractivity contribution in [3.63, 3.8) is 0 Å². The normalized spacial score (nSPS) is 53.4. The zero-order valence-corrected chi connectivity index (χ0v) is 5.99. The highest BCUT2D eigenvalue weighted by Gasteiger charge is 2.44. The predicted octanol–water partition coefficient (Wildman–Crippen LogP) is -0.219. The molecule has 2 aliphatic heterocycles. The Kier molecular flexibility index (Phi) is 1.44. The molecule has 2 aliphatic rings. The molecule has 2 fully saturated rings. The molecule has 2 heterocycles. The molecule has 0 radical (unpaired) electrons. The van der Waals surface area contributed by atoms with E-state index in [1.54, 1.807) is 0 Å². The second kappa shape index (κ2) is 2.19.